The highest BCUT2D eigenvalue weighted by atomic mass is 16.5. The van der Waals surface area contributed by atoms with Crippen molar-refractivity contribution in [3.63, 3.8) is 0 Å². The van der Waals surface area contributed by atoms with E-state index in [1.165, 1.54) is 31.4 Å². The lowest BCUT2D eigenvalue weighted by Gasteiger charge is -2.65. The molecule has 3 aliphatic heterocycles. The Morgan fingerprint density at radius 3 is 2.96 bits per heavy atom. The number of fused-ring (bicyclic) bond motifs is 3. The number of para-hydroxylation sites is 1. The third kappa shape index (κ3) is 1.17. The molecule has 1 N–H and O–H groups in total. The Balaban J connectivity index is 1.68. The topological polar surface area (TPSA) is 41.6 Å². The van der Waals surface area contributed by atoms with Crippen LogP contribution in [0, 0.1) is 5.41 Å². The van der Waals surface area contributed by atoms with Gasteiger partial charge in [0.15, 0.2) is 5.78 Å². The van der Waals surface area contributed by atoms with Gasteiger partial charge in [0.2, 0.25) is 0 Å². The SMILES string of the molecule is COc1cccc2c1NC13CCC4(CCCN5CC[C@]21[C@@H]54)CC3=O. The summed E-state index contributed by atoms with van der Waals surface area (Å²) < 4.78 is 5.65. The number of hydrogen-bond donors (Lipinski definition) is 1. The van der Waals surface area contributed by atoms with Gasteiger partial charge in [-0.25, -0.2) is 0 Å². The molecule has 4 atom stereocenters. The number of nitrogens with one attached hydrogen (secondary N) is 1. The first-order valence-electron chi connectivity index (χ1n) is 9.40. The van der Waals surface area contributed by atoms with Crippen LogP contribution in [0.1, 0.15) is 44.1 Å². The number of methoxy groups -OCH3 is 1. The van der Waals surface area contributed by atoms with Crippen LogP contribution in [0.2, 0.25) is 0 Å². The first-order chi connectivity index (χ1) is 11.7. The maximum Gasteiger partial charge on any atom is 0.159 e. The molecule has 3 aliphatic carbocycles. The minimum atomic E-state index is -0.386. The number of Topliss-reactive ketones (excluding diaryl/α,β-unsaturated/α-hetero) is 1. The molecule has 0 aromatic heterocycles. The molecule has 0 radical (unpaired) electrons. The smallest absolute Gasteiger partial charge is 0.159 e. The predicted molar refractivity (Wildman–Crippen MR) is 91.5 cm³/mol. The summed E-state index contributed by atoms with van der Waals surface area (Å²) in [6.07, 6.45) is 6.57. The van der Waals surface area contributed by atoms with Crippen LogP contribution in [0.25, 0.3) is 0 Å². The van der Waals surface area contributed by atoms with Gasteiger partial charge in [-0.15, -0.1) is 0 Å². The fraction of sp³-hybridized carbons (Fsp3) is 0.650. The molecule has 3 saturated carbocycles. The van der Waals surface area contributed by atoms with Crippen LogP contribution in [0.5, 0.6) is 5.75 Å². The number of carbonyl (C=O) groups is 1. The van der Waals surface area contributed by atoms with Crippen molar-refractivity contribution in [2.75, 3.05) is 25.5 Å². The predicted octanol–water partition coefficient (Wildman–Crippen LogP) is 2.72. The Morgan fingerprint density at radius 2 is 2.12 bits per heavy atom. The van der Waals surface area contributed by atoms with E-state index in [0.29, 0.717) is 11.8 Å². The second-order valence-corrected chi connectivity index (χ2v) is 8.64. The van der Waals surface area contributed by atoms with Gasteiger partial charge >= 0.3 is 0 Å². The molecule has 24 heavy (non-hydrogen) atoms. The van der Waals surface area contributed by atoms with Gasteiger partial charge in [0.05, 0.1) is 12.8 Å². The maximum atomic E-state index is 13.4. The Labute approximate surface area is 142 Å². The molecular weight excluding hydrogens is 300 g/mol. The van der Waals surface area contributed by atoms with Gasteiger partial charge in [-0.2, -0.15) is 0 Å². The fourth-order valence-electron chi connectivity index (χ4n) is 7.49. The van der Waals surface area contributed by atoms with E-state index in [1.54, 1.807) is 7.11 Å². The second-order valence-electron chi connectivity index (χ2n) is 8.64. The lowest BCUT2D eigenvalue weighted by Crippen LogP contribution is -2.76. The molecule has 7 rings (SSSR count). The molecule has 0 amide bonds. The summed E-state index contributed by atoms with van der Waals surface area (Å²) in [4.78, 5) is 16.2. The normalized spacial score (nSPS) is 44.7. The molecule has 1 aromatic rings. The van der Waals surface area contributed by atoms with Gasteiger partial charge in [-0.05, 0) is 62.2 Å². The lowest BCUT2D eigenvalue weighted by molar-refractivity contribution is -0.152. The van der Waals surface area contributed by atoms with Crippen molar-refractivity contribution in [3.05, 3.63) is 23.8 Å². The Morgan fingerprint density at radius 1 is 1.21 bits per heavy atom. The second kappa shape index (κ2) is 3.98. The van der Waals surface area contributed by atoms with Gasteiger partial charge in [0.1, 0.15) is 11.3 Å². The Kier molecular flexibility index (Phi) is 2.28. The highest BCUT2D eigenvalue weighted by molar-refractivity contribution is 6.00. The summed E-state index contributed by atoms with van der Waals surface area (Å²) >= 11 is 0. The molecule has 126 valence electrons. The van der Waals surface area contributed by atoms with E-state index < -0.39 is 0 Å². The average Bonchev–Trinajstić information content (AvgIpc) is 3.14. The highest BCUT2D eigenvalue weighted by Crippen LogP contribution is 2.72. The van der Waals surface area contributed by atoms with Crippen LogP contribution >= 0.6 is 0 Å². The zero-order valence-electron chi connectivity index (χ0n) is 14.2. The minimum Gasteiger partial charge on any atom is -0.495 e. The van der Waals surface area contributed by atoms with Crippen molar-refractivity contribution < 1.29 is 9.53 Å². The van der Waals surface area contributed by atoms with E-state index in [1.807, 2.05) is 6.07 Å². The molecule has 2 saturated heterocycles. The lowest BCUT2D eigenvalue weighted by atomic mass is 9.41. The van der Waals surface area contributed by atoms with Crippen LogP contribution in [0.15, 0.2) is 18.2 Å². The van der Waals surface area contributed by atoms with Crippen LogP contribution in [-0.2, 0) is 10.2 Å². The van der Waals surface area contributed by atoms with Crippen molar-refractivity contribution >= 4 is 11.5 Å². The average molecular weight is 324 g/mol. The van der Waals surface area contributed by atoms with Crippen molar-refractivity contribution in [2.45, 2.75) is 55.5 Å². The summed E-state index contributed by atoms with van der Waals surface area (Å²) in [5.41, 5.74) is 2.25. The number of ketones is 1. The van der Waals surface area contributed by atoms with Crippen molar-refractivity contribution in [1.82, 2.24) is 4.90 Å². The number of rotatable bonds is 1. The monoisotopic (exact) mass is 324 g/mol. The Bertz CT molecular complexity index is 777. The van der Waals surface area contributed by atoms with Crippen LogP contribution in [-0.4, -0.2) is 42.5 Å². The number of hydrogen-bond acceptors (Lipinski definition) is 4. The molecule has 5 fully saturated rings. The molecule has 3 heterocycles. The van der Waals surface area contributed by atoms with E-state index in [2.05, 4.69) is 22.3 Å². The molecule has 4 heteroatoms. The number of ether oxygens (including phenoxy) is 1. The minimum absolute atomic E-state index is 0.0368. The fourth-order valence-corrected chi connectivity index (χ4v) is 7.49. The number of nitrogens with zero attached hydrogens (tertiary/aromatic N) is 1. The third-order valence-electron chi connectivity index (χ3n) is 8.14. The van der Waals surface area contributed by atoms with E-state index in [9.17, 15) is 4.79 Å². The van der Waals surface area contributed by atoms with E-state index >= 15 is 0 Å². The van der Waals surface area contributed by atoms with Gasteiger partial charge < -0.3 is 10.1 Å². The molecule has 2 unspecified atom stereocenters. The first kappa shape index (κ1) is 13.7. The van der Waals surface area contributed by atoms with Gasteiger partial charge in [-0.3, -0.25) is 9.69 Å². The number of anilines is 1. The number of piperidine rings is 1. The van der Waals surface area contributed by atoms with Crippen LogP contribution < -0.4 is 10.1 Å². The summed E-state index contributed by atoms with van der Waals surface area (Å²) in [7, 11) is 1.73. The zero-order valence-corrected chi connectivity index (χ0v) is 14.2. The molecular formula is C20H24N2O2. The van der Waals surface area contributed by atoms with Gasteiger partial charge in [0.25, 0.3) is 0 Å². The third-order valence-corrected chi connectivity index (χ3v) is 8.14. The number of benzene rings is 1. The summed E-state index contributed by atoms with van der Waals surface area (Å²) in [5, 5.41) is 3.75. The molecule has 6 aliphatic rings. The highest BCUT2D eigenvalue weighted by Gasteiger charge is 2.78. The first-order valence-corrected chi connectivity index (χ1v) is 9.40. The van der Waals surface area contributed by atoms with Crippen molar-refractivity contribution in [1.29, 1.82) is 0 Å². The largest absolute Gasteiger partial charge is 0.495 e. The van der Waals surface area contributed by atoms with Crippen molar-refractivity contribution in [3.8, 4) is 5.75 Å². The number of carbonyl (C=O) groups excluding carboxylic acids is 1. The van der Waals surface area contributed by atoms with Gasteiger partial charge in [-0.1, -0.05) is 12.1 Å². The molecule has 2 bridgehead atoms. The van der Waals surface area contributed by atoms with E-state index in [4.69, 9.17) is 4.74 Å². The summed E-state index contributed by atoms with van der Waals surface area (Å²) in [5.74, 6) is 1.36. The van der Waals surface area contributed by atoms with Gasteiger partial charge in [0, 0.05) is 17.9 Å². The molecule has 1 aromatic carbocycles. The quantitative estimate of drug-likeness (QED) is 0.862. The van der Waals surface area contributed by atoms with Crippen LogP contribution in [0.3, 0.4) is 0 Å². The van der Waals surface area contributed by atoms with E-state index in [-0.39, 0.29) is 16.4 Å². The summed E-state index contributed by atoms with van der Waals surface area (Å²) in [6, 6.07) is 6.93. The van der Waals surface area contributed by atoms with Crippen LogP contribution in [0.4, 0.5) is 5.69 Å². The molecule has 3 spiro atoms. The maximum absolute atomic E-state index is 13.4. The van der Waals surface area contributed by atoms with E-state index in [0.717, 1.165) is 37.2 Å². The molecule has 4 nitrogen and oxygen atoms in total. The Hall–Kier alpha value is -1.55. The zero-order chi connectivity index (χ0) is 16.2. The van der Waals surface area contributed by atoms with Crippen molar-refractivity contribution in [2.24, 2.45) is 5.41 Å². The summed E-state index contributed by atoms with van der Waals surface area (Å²) in [6.45, 7) is 2.34. The standard InChI is InChI=1S/C20H24N2O2/c1-24-14-5-2-4-13-16(14)21-20-8-7-18(12-15(20)23)6-3-10-22-11-9-19(13,20)17(18)22/h2,4-5,17,21H,3,6-12H2,1H3/t17-,18?,19+,20?/m0/s1.